The van der Waals surface area contributed by atoms with Gasteiger partial charge in [-0.1, -0.05) is 36.4 Å². The van der Waals surface area contributed by atoms with Crippen LogP contribution in [0.3, 0.4) is 0 Å². The Balaban J connectivity index is 2.02. The molecule has 0 spiro atoms. The standard InChI is InChI=1S/C14H14NO3P/c15-10-16-19-17-13-7-3-1-5-11(13)9-12-6-2-4-8-14(12)18-19/h1-8H,9-10,15H2. The predicted molar refractivity (Wildman–Crippen MR) is 74.0 cm³/mol. The fourth-order valence-corrected chi connectivity index (χ4v) is 2.92. The molecule has 0 unspecified atom stereocenters. The zero-order valence-electron chi connectivity index (χ0n) is 10.3. The molecule has 2 aromatic carbocycles. The molecule has 1 aliphatic rings. The molecule has 5 heteroatoms. The SMILES string of the molecule is NCOP1Oc2ccccc2Cc2ccccc2O1. The van der Waals surface area contributed by atoms with Gasteiger partial charge in [0.25, 0.3) is 0 Å². The summed E-state index contributed by atoms with van der Waals surface area (Å²) in [6, 6.07) is 15.8. The molecule has 1 aliphatic heterocycles. The number of hydrogen-bond donors (Lipinski definition) is 1. The molecule has 2 N–H and O–H groups in total. The lowest BCUT2D eigenvalue weighted by molar-refractivity contribution is 0.271. The molecule has 0 bridgehead atoms. The molecular weight excluding hydrogens is 261 g/mol. The van der Waals surface area contributed by atoms with Gasteiger partial charge in [-0.2, -0.15) is 0 Å². The van der Waals surface area contributed by atoms with E-state index in [0.717, 1.165) is 29.0 Å². The summed E-state index contributed by atoms with van der Waals surface area (Å²) in [4.78, 5) is 0. The van der Waals surface area contributed by atoms with Gasteiger partial charge < -0.3 is 14.8 Å². The highest BCUT2D eigenvalue weighted by atomic mass is 31.2. The van der Waals surface area contributed by atoms with Gasteiger partial charge in [0, 0.05) is 6.42 Å². The minimum atomic E-state index is -1.51. The molecule has 0 aliphatic carbocycles. The van der Waals surface area contributed by atoms with E-state index in [1.165, 1.54) is 0 Å². The van der Waals surface area contributed by atoms with E-state index < -0.39 is 8.60 Å². The van der Waals surface area contributed by atoms with E-state index in [0.29, 0.717) is 0 Å². The largest absolute Gasteiger partial charge is 0.464 e. The molecule has 19 heavy (non-hydrogen) atoms. The maximum atomic E-state index is 5.77. The van der Waals surface area contributed by atoms with E-state index >= 15 is 0 Å². The molecule has 0 fully saturated rings. The van der Waals surface area contributed by atoms with Crippen LogP contribution in [0.2, 0.25) is 0 Å². The number of hydrogen-bond acceptors (Lipinski definition) is 4. The van der Waals surface area contributed by atoms with Crippen LogP contribution in [0.1, 0.15) is 11.1 Å². The number of nitrogens with two attached hydrogens (primary N) is 1. The van der Waals surface area contributed by atoms with Crippen molar-refractivity contribution in [3.05, 3.63) is 59.7 Å². The summed E-state index contributed by atoms with van der Waals surface area (Å²) in [5.74, 6) is 1.58. The lowest BCUT2D eigenvalue weighted by Gasteiger charge is -2.23. The van der Waals surface area contributed by atoms with E-state index in [1.54, 1.807) is 0 Å². The quantitative estimate of drug-likeness (QED) is 0.675. The lowest BCUT2D eigenvalue weighted by Crippen LogP contribution is -2.10. The molecule has 3 rings (SSSR count). The van der Waals surface area contributed by atoms with E-state index in [2.05, 4.69) is 0 Å². The Hall–Kier alpha value is -1.61. The summed E-state index contributed by atoms with van der Waals surface area (Å²) in [6.45, 7) is 0.0655. The fourth-order valence-electron chi connectivity index (χ4n) is 1.98. The summed E-state index contributed by atoms with van der Waals surface area (Å²) in [7, 11) is -1.51. The Morgan fingerprint density at radius 2 is 1.47 bits per heavy atom. The Bertz CT molecular complexity index is 529. The normalized spacial score (nSPS) is 14.4. The van der Waals surface area contributed by atoms with E-state index in [4.69, 9.17) is 19.3 Å². The van der Waals surface area contributed by atoms with Gasteiger partial charge in [0.15, 0.2) is 0 Å². The van der Waals surface area contributed by atoms with Crippen molar-refractivity contribution in [2.75, 3.05) is 6.73 Å². The Kier molecular flexibility index (Phi) is 3.65. The second kappa shape index (κ2) is 5.57. The number of fused-ring (bicyclic) bond motifs is 2. The second-order valence-electron chi connectivity index (χ2n) is 4.09. The summed E-state index contributed by atoms with van der Waals surface area (Å²) < 4.78 is 16.9. The van der Waals surface area contributed by atoms with E-state index in [9.17, 15) is 0 Å². The molecular formula is C14H14NO3P. The van der Waals surface area contributed by atoms with Crippen molar-refractivity contribution in [1.82, 2.24) is 0 Å². The molecule has 98 valence electrons. The van der Waals surface area contributed by atoms with Crippen molar-refractivity contribution in [3.8, 4) is 11.5 Å². The third-order valence-corrected chi connectivity index (χ3v) is 3.90. The molecule has 0 radical (unpaired) electrons. The number of rotatable bonds is 2. The third kappa shape index (κ3) is 2.71. The van der Waals surface area contributed by atoms with Crippen molar-refractivity contribution in [3.63, 3.8) is 0 Å². The minimum Gasteiger partial charge on any atom is -0.417 e. The molecule has 0 atom stereocenters. The highest BCUT2D eigenvalue weighted by Gasteiger charge is 2.23. The van der Waals surface area contributed by atoms with Gasteiger partial charge in [0.2, 0.25) is 0 Å². The highest BCUT2D eigenvalue weighted by Crippen LogP contribution is 2.45. The van der Waals surface area contributed by atoms with Crippen LogP contribution in [-0.2, 0) is 10.9 Å². The first kappa shape index (κ1) is 12.4. The third-order valence-electron chi connectivity index (χ3n) is 2.85. The first-order valence-corrected chi connectivity index (χ1v) is 7.11. The second-order valence-corrected chi connectivity index (χ2v) is 5.16. The van der Waals surface area contributed by atoms with Crippen LogP contribution in [0.4, 0.5) is 0 Å². The van der Waals surface area contributed by atoms with Gasteiger partial charge in [0.05, 0.1) is 0 Å². The molecule has 0 saturated heterocycles. The molecule has 0 aromatic heterocycles. The maximum Gasteiger partial charge on any atom is 0.464 e. The van der Waals surface area contributed by atoms with Gasteiger partial charge in [-0.25, -0.2) is 0 Å². The smallest absolute Gasteiger partial charge is 0.417 e. The van der Waals surface area contributed by atoms with E-state index in [-0.39, 0.29) is 6.73 Å². The number of benzene rings is 2. The average molecular weight is 275 g/mol. The first-order chi connectivity index (χ1) is 9.36. The molecule has 1 heterocycles. The maximum absolute atomic E-state index is 5.77. The van der Waals surface area contributed by atoms with Gasteiger partial charge in [-0.05, 0) is 23.3 Å². The average Bonchev–Trinajstić information content (AvgIpc) is 2.41. The molecule has 0 saturated carbocycles. The highest BCUT2D eigenvalue weighted by molar-refractivity contribution is 7.42. The zero-order chi connectivity index (χ0) is 13.1. The van der Waals surface area contributed by atoms with Crippen LogP contribution in [0.15, 0.2) is 48.5 Å². The predicted octanol–water partition coefficient (Wildman–Crippen LogP) is 3.21. The van der Waals surface area contributed by atoms with Crippen LogP contribution in [-0.4, -0.2) is 6.73 Å². The Labute approximate surface area is 113 Å². The van der Waals surface area contributed by atoms with Gasteiger partial charge in [-0.15, -0.1) is 0 Å². The monoisotopic (exact) mass is 275 g/mol. The summed E-state index contributed by atoms with van der Waals surface area (Å²) in [5, 5.41) is 0. The molecule has 4 nitrogen and oxygen atoms in total. The fraction of sp³-hybridized carbons (Fsp3) is 0.143. The topological polar surface area (TPSA) is 53.7 Å². The van der Waals surface area contributed by atoms with E-state index in [1.807, 2.05) is 48.5 Å². The van der Waals surface area contributed by atoms with Crippen LogP contribution < -0.4 is 14.8 Å². The summed E-state index contributed by atoms with van der Waals surface area (Å²) in [5.41, 5.74) is 7.66. The first-order valence-electron chi connectivity index (χ1n) is 6.01. The zero-order valence-corrected chi connectivity index (χ0v) is 11.2. The van der Waals surface area contributed by atoms with Crippen molar-refractivity contribution < 1.29 is 13.6 Å². The molecule has 2 aromatic rings. The van der Waals surface area contributed by atoms with Crippen molar-refractivity contribution in [1.29, 1.82) is 0 Å². The van der Waals surface area contributed by atoms with Gasteiger partial charge in [-0.3, -0.25) is 4.52 Å². The van der Waals surface area contributed by atoms with Crippen molar-refractivity contribution in [2.45, 2.75) is 6.42 Å². The van der Waals surface area contributed by atoms with Crippen LogP contribution in [0.25, 0.3) is 0 Å². The number of para-hydroxylation sites is 2. The molecule has 0 amide bonds. The summed E-state index contributed by atoms with van der Waals surface area (Å²) in [6.07, 6.45) is 0.776. The van der Waals surface area contributed by atoms with Gasteiger partial charge >= 0.3 is 8.60 Å². The van der Waals surface area contributed by atoms with Gasteiger partial charge in [0.1, 0.15) is 18.2 Å². The summed E-state index contributed by atoms with van der Waals surface area (Å²) >= 11 is 0. The Morgan fingerprint density at radius 1 is 0.947 bits per heavy atom. The van der Waals surface area contributed by atoms with Crippen molar-refractivity contribution >= 4 is 8.60 Å². The van der Waals surface area contributed by atoms with Crippen LogP contribution in [0, 0.1) is 0 Å². The van der Waals surface area contributed by atoms with Crippen LogP contribution in [0.5, 0.6) is 11.5 Å². The lowest BCUT2D eigenvalue weighted by atomic mass is 10.0. The minimum absolute atomic E-state index is 0.0655. The van der Waals surface area contributed by atoms with Crippen LogP contribution >= 0.6 is 8.60 Å². The van der Waals surface area contributed by atoms with Crippen molar-refractivity contribution in [2.24, 2.45) is 5.73 Å². The Morgan fingerprint density at radius 3 is 2.00 bits per heavy atom.